The molecule has 0 saturated carbocycles. The third kappa shape index (κ3) is 4.24. The molecule has 0 bridgehead atoms. The van der Waals surface area contributed by atoms with E-state index in [2.05, 4.69) is 10.6 Å². The van der Waals surface area contributed by atoms with E-state index in [1.807, 2.05) is 0 Å². The summed E-state index contributed by atoms with van der Waals surface area (Å²) in [6.45, 7) is 2.23. The smallest absolute Gasteiger partial charge is 0.246 e. The molecule has 1 rings (SSSR count). The van der Waals surface area contributed by atoms with Gasteiger partial charge in [0.1, 0.15) is 6.61 Å². The minimum absolute atomic E-state index is 0.00519. The number of methoxy groups -OCH3 is 1. The van der Waals surface area contributed by atoms with Crippen LogP contribution < -0.4 is 10.6 Å². The molecule has 1 aliphatic heterocycles. The van der Waals surface area contributed by atoms with E-state index in [0.29, 0.717) is 6.04 Å². The molecule has 0 aromatic carbocycles. The van der Waals surface area contributed by atoms with E-state index in [4.69, 9.17) is 4.74 Å². The number of hydrogen-bond acceptors (Lipinski definition) is 3. The summed E-state index contributed by atoms with van der Waals surface area (Å²) < 4.78 is 4.75. The van der Waals surface area contributed by atoms with Crippen LogP contribution in [0.4, 0.5) is 0 Å². The molecule has 0 spiro atoms. The average Bonchev–Trinajstić information content (AvgIpc) is 2.33. The van der Waals surface area contributed by atoms with E-state index in [0.717, 1.165) is 32.4 Å². The lowest BCUT2D eigenvalue weighted by Gasteiger charge is -2.15. The van der Waals surface area contributed by atoms with Crippen molar-refractivity contribution in [1.82, 2.24) is 10.6 Å². The Morgan fingerprint density at radius 3 is 3.15 bits per heavy atom. The zero-order valence-electron chi connectivity index (χ0n) is 8.14. The molecule has 0 aliphatic carbocycles. The van der Waals surface area contributed by atoms with E-state index in [1.54, 1.807) is 0 Å². The average molecular weight is 186 g/mol. The van der Waals surface area contributed by atoms with Gasteiger partial charge in [-0.1, -0.05) is 0 Å². The lowest BCUT2D eigenvalue weighted by molar-refractivity contribution is -0.125. The Labute approximate surface area is 79.0 Å². The second-order valence-corrected chi connectivity index (χ2v) is 3.38. The van der Waals surface area contributed by atoms with Crippen LogP contribution in [0, 0.1) is 0 Å². The Morgan fingerprint density at radius 2 is 2.38 bits per heavy atom. The molecule has 1 unspecified atom stereocenters. The third-order valence-corrected chi connectivity index (χ3v) is 2.22. The first-order valence-electron chi connectivity index (χ1n) is 4.82. The summed E-state index contributed by atoms with van der Waals surface area (Å²) in [7, 11) is 1.54. The minimum atomic E-state index is -0.00519. The second kappa shape index (κ2) is 5.94. The fraction of sp³-hybridized carbons (Fsp3) is 0.889. The summed E-state index contributed by atoms with van der Waals surface area (Å²) in [5.41, 5.74) is 0. The summed E-state index contributed by atoms with van der Waals surface area (Å²) in [5.74, 6) is -0.00519. The van der Waals surface area contributed by atoms with Crippen molar-refractivity contribution in [3.63, 3.8) is 0 Å². The molecular weight excluding hydrogens is 168 g/mol. The van der Waals surface area contributed by atoms with Crippen LogP contribution >= 0.6 is 0 Å². The van der Waals surface area contributed by atoms with Crippen LogP contribution in [0.5, 0.6) is 0 Å². The molecule has 2 N–H and O–H groups in total. The highest BCUT2D eigenvalue weighted by atomic mass is 16.5. The van der Waals surface area contributed by atoms with Gasteiger partial charge in [0.2, 0.25) is 5.91 Å². The SMILES string of the molecule is COCC(=O)NC1CCCNCC1. The maximum Gasteiger partial charge on any atom is 0.246 e. The molecule has 4 heteroatoms. The van der Waals surface area contributed by atoms with Gasteiger partial charge in [0, 0.05) is 13.2 Å². The van der Waals surface area contributed by atoms with Crippen molar-refractivity contribution in [1.29, 1.82) is 0 Å². The number of rotatable bonds is 3. The number of hydrogen-bond donors (Lipinski definition) is 2. The van der Waals surface area contributed by atoms with Crippen molar-refractivity contribution in [2.45, 2.75) is 25.3 Å². The van der Waals surface area contributed by atoms with Gasteiger partial charge in [-0.2, -0.15) is 0 Å². The molecule has 0 radical (unpaired) electrons. The molecule has 76 valence electrons. The van der Waals surface area contributed by atoms with E-state index in [-0.39, 0.29) is 12.5 Å². The van der Waals surface area contributed by atoms with Crippen molar-refractivity contribution in [2.75, 3.05) is 26.8 Å². The van der Waals surface area contributed by atoms with Crippen molar-refractivity contribution in [3.8, 4) is 0 Å². The first-order valence-corrected chi connectivity index (χ1v) is 4.82. The van der Waals surface area contributed by atoms with Crippen LogP contribution in [0.1, 0.15) is 19.3 Å². The predicted octanol–water partition coefficient (Wildman–Crippen LogP) is -0.109. The zero-order chi connectivity index (χ0) is 9.52. The van der Waals surface area contributed by atoms with Gasteiger partial charge in [-0.15, -0.1) is 0 Å². The molecular formula is C9H18N2O2. The summed E-state index contributed by atoms with van der Waals surface area (Å²) in [5, 5.41) is 6.26. The Kier molecular flexibility index (Phi) is 4.78. The van der Waals surface area contributed by atoms with Crippen molar-refractivity contribution in [3.05, 3.63) is 0 Å². The molecule has 1 heterocycles. The van der Waals surface area contributed by atoms with Crippen LogP contribution in [0.25, 0.3) is 0 Å². The lowest BCUT2D eigenvalue weighted by Crippen LogP contribution is -2.37. The van der Waals surface area contributed by atoms with Crippen LogP contribution in [0.2, 0.25) is 0 Å². The summed E-state index contributed by atoms with van der Waals surface area (Å²) in [6.07, 6.45) is 3.23. The fourth-order valence-electron chi connectivity index (χ4n) is 1.56. The standard InChI is InChI=1S/C9H18N2O2/c1-13-7-9(12)11-8-3-2-5-10-6-4-8/h8,10H,2-7H2,1H3,(H,11,12). The molecule has 1 atom stereocenters. The maximum absolute atomic E-state index is 11.2. The maximum atomic E-state index is 11.2. The molecule has 1 aliphatic rings. The Morgan fingerprint density at radius 1 is 1.54 bits per heavy atom. The van der Waals surface area contributed by atoms with Crippen molar-refractivity contribution in [2.24, 2.45) is 0 Å². The second-order valence-electron chi connectivity index (χ2n) is 3.38. The van der Waals surface area contributed by atoms with Gasteiger partial charge < -0.3 is 15.4 Å². The molecule has 0 aromatic rings. The molecule has 0 aromatic heterocycles. The number of carbonyl (C=O) groups excluding carboxylic acids is 1. The Bertz CT molecular complexity index is 154. The van der Waals surface area contributed by atoms with Crippen molar-refractivity contribution < 1.29 is 9.53 Å². The molecule has 1 fully saturated rings. The largest absolute Gasteiger partial charge is 0.375 e. The van der Waals surface area contributed by atoms with Gasteiger partial charge in [0.15, 0.2) is 0 Å². The predicted molar refractivity (Wildman–Crippen MR) is 50.5 cm³/mol. The van der Waals surface area contributed by atoms with E-state index in [9.17, 15) is 4.79 Å². The normalized spacial score (nSPS) is 23.6. The molecule has 4 nitrogen and oxygen atoms in total. The lowest BCUT2D eigenvalue weighted by atomic mass is 10.1. The van der Waals surface area contributed by atoms with Crippen LogP contribution in [0.15, 0.2) is 0 Å². The van der Waals surface area contributed by atoms with E-state index >= 15 is 0 Å². The zero-order valence-corrected chi connectivity index (χ0v) is 8.14. The number of ether oxygens (including phenoxy) is 1. The van der Waals surface area contributed by atoms with Crippen LogP contribution in [-0.4, -0.2) is 38.8 Å². The Balaban J connectivity index is 2.21. The van der Waals surface area contributed by atoms with E-state index in [1.165, 1.54) is 7.11 Å². The topological polar surface area (TPSA) is 50.4 Å². The quantitative estimate of drug-likeness (QED) is 0.646. The third-order valence-electron chi connectivity index (χ3n) is 2.22. The molecule has 1 saturated heterocycles. The minimum Gasteiger partial charge on any atom is -0.375 e. The first kappa shape index (κ1) is 10.5. The van der Waals surface area contributed by atoms with Gasteiger partial charge in [-0.05, 0) is 32.4 Å². The fourth-order valence-corrected chi connectivity index (χ4v) is 1.56. The highest BCUT2D eigenvalue weighted by Gasteiger charge is 2.13. The summed E-state index contributed by atoms with van der Waals surface area (Å²) >= 11 is 0. The monoisotopic (exact) mass is 186 g/mol. The van der Waals surface area contributed by atoms with Crippen LogP contribution in [0.3, 0.4) is 0 Å². The Hall–Kier alpha value is -0.610. The first-order chi connectivity index (χ1) is 6.33. The van der Waals surface area contributed by atoms with Gasteiger partial charge in [0.25, 0.3) is 0 Å². The highest BCUT2D eigenvalue weighted by Crippen LogP contribution is 2.04. The van der Waals surface area contributed by atoms with E-state index < -0.39 is 0 Å². The van der Waals surface area contributed by atoms with Gasteiger partial charge in [0.05, 0.1) is 0 Å². The number of nitrogens with one attached hydrogen (secondary N) is 2. The summed E-state index contributed by atoms with van der Waals surface area (Å²) in [6, 6.07) is 0.331. The van der Waals surface area contributed by atoms with Gasteiger partial charge >= 0.3 is 0 Å². The number of amides is 1. The van der Waals surface area contributed by atoms with Crippen LogP contribution in [-0.2, 0) is 9.53 Å². The van der Waals surface area contributed by atoms with Gasteiger partial charge in [-0.25, -0.2) is 0 Å². The molecule has 1 amide bonds. The van der Waals surface area contributed by atoms with Crippen molar-refractivity contribution >= 4 is 5.91 Å². The summed E-state index contributed by atoms with van der Waals surface area (Å²) in [4.78, 5) is 11.2. The highest BCUT2D eigenvalue weighted by molar-refractivity contribution is 5.77. The number of carbonyl (C=O) groups is 1. The molecule has 13 heavy (non-hydrogen) atoms. The van der Waals surface area contributed by atoms with Gasteiger partial charge in [-0.3, -0.25) is 4.79 Å².